The van der Waals surface area contributed by atoms with Gasteiger partial charge in [-0.15, -0.1) is 0 Å². The molecule has 0 aliphatic rings. The molecule has 0 saturated carbocycles. The summed E-state index contributed by atoms with van der Waals surface area (Å²) in [6.45, 7) is 0. The van der Waals surface area contributed by atoms with Crippen molar-refractivity contribution >= 4 is 27.1 Å². The topological polar surface area (TPSA) is 78.2 Å². The first-order chi connectivity index (χ1) is 8.78. The van der Waals surface area contributed by atoms with Crippen LogP contribution in [-0.2, 0) is 0 Å². The van der Waals surface area contributed by atoms with Crippen LogP contribution < -0.4 is 0 Å². The highest BCUT2D eigenvalue weighted by atomic mass is 79.9. The third-order valence-electron chi connectivity index (χ3n) is 2.51. The van der Waals surface area contributed by atoms with E-state index in [1.54, 1.807) is 18.3 Å². The van der Waals surface area contributed by atoms with Gasteiger partial charge >= 0.3 is 0 Å². The molecular weight excluding hydrogens is 294 g/mol. The standard InChI is InChI=1S/C12H6BrN5/c13-9-2-1-7(4-14)3-8(9)11-17-10-5-15-6-16-12(10)18-11/h1-3,5-6H,(H,15,16,17,18). The van der Waals surface area contributed by atoms with Crippen LogP contribution in [0.2, 0.25) is 0 Å². The minimum Gasteiger partial charge on any atom is -0.335 e. The molecule has 0 aliphatic heterocycles. The first kappa shape index (κ1) is 10.9. The largest absolute Gasteiger partial charge is 0.335 e. The SMILES string of the molecule is N#Cc1ccc(Br)c(-c2nc3ncncc3[nH]2)c1. The van der Waals surface area contributed by atoms with Gasteiger partial charge < -0.3 is 4.98 Å². The van der Waals surface area contributed by atoms with Crippen molar-refractivity contribution in [2.75, 3.05) is 0 Å². The van der Waals surface area contributed by atoms with Crippen molar-refractivity contribution in [2.24, 2.45) is 0 Å². The van der Waals surface area contributed by atoms with Gasteiger partial charge in [0, 0.05) is 10.0 Å². The number of hydrogen-bond acceptors (Lipinski definition) is 4. The summed E-state index contributed by atoms with van der Waals surface area (Å²) in [5.74, 6) is 0.662. The van der Waals surface area contributed by atoms with Crippen LogP contribution in [0.3, 0.4) is 0 Å². The molecule has 6 heteroatoms. The van der Waals surface area contributed by atoms with Crippen molar-refractivity contribution in [3.05, 3.63) is 40.8 Å². The van der Waals surface area contributed by atoms with E-state index in [0.717, 1.165) is 15.6 Å². The maximum Gasteiger partial charge on any atom is 0.181 e. The highest BCUT2D eigenvalue weighted by Gasteiger charge is 2.10. The molecule has 5 nitrogen and oxygen atoms in total. The number of H-pyrrole nitrogens is 1. The lowest BCUT2D eigenvalue weighted by Gasteiger charge is -2.00. The van der Waals surface area contributed by atoms with E-state index in [-0.39, 0.29) is 0 Å². The summed E-state index contributed by atoms with van der Waals surface area (Å²) >= 11 is 3.45. The zero-order valence-electron chi connectivity index (χ0n) is 9.05. The van der Waals surface area contributed by atoms with Gasteiger partial charge in [-0.25, -0.2) is 15.0 Å². The Labute approximate surface area is 111 Å². The van der Waals surface area contributed by atoms with Crippen LogP contribution >= 0.6 is 15.9 Å². The lowest BCUT2D eigenvalue weighted by atomic mass is 10.1. The normalized spacial score (nSPS) is 10.4. The fraction of sp³-hybridized carbons (Fsp3) is 0. The van der Waals surface area contributed by atoms with Crippen LogP contribution in [0.5, 0.6) is 0 Å². The van der Waals surface area contributed by atoms with Gasteiger partial charge in [-0.05, 0) is 18.2 Å². The average Bonchev–Trinajstić information content (AvgIpc) is 2.82. The second-order valence-electron chi connectivity index (χ2n) is 3.65. The predicted molar refractivity (Wildman–Crippen MR) is 69.5 cm³/mol. The first-order valence-electron chi connectivity index (χ1n) is 5.13. The molecule has 0 bridgehead atoms. The van der Waals surface area contributed by atoms with E-state index in [9.17, 15) is 0 Å². The molecular formula is C12H6BrN5. The fourth-order valence-corrected chi connectivity index (χ4v) is 2.10. The minimum atomic E-state index is 0.583. The molecule has 0 amide bonds. The summed E-state index contributed by atoms with van der Waals surface area (Å²) in [4.78, 5) is 15.5. The van der Waals surface area contributed by atoms with Crippen LogP contribution in [0, 0.1) is 11.3 Å². The second kappa shape index (κ2) is 4.20. The second-order valence-corrected chi connectivity index (χ2v) is 4.51. The molecule has 3 aromatic rings. The number of nitrogens with one attached hydrogen (secondary N) is 1. The molecule has 1 N–H and O–H groups in total. The van der Waals surface area contributed by atoms with E-state index >= 15 is 0 Å². The zero-order chi connectivity index (χ0) is 12.5. The van der Waals surface area contributed by atoms with E-state index < -0.39 is 0 Å². The molecule has 18 heavy (non-hydrogen) atoms. The quantitative estimate of drug-likeness (QED) is 0.749. The van der Waals surface area contributed by atoms with E-state index in [1.807, 2.05) is 6.07 Å². The zero-order valence-corrected chi connectivity index (χ0v) is 10.6. The van der Waals surface area contributed by atoms with Crippen LogP contribution in [0.1, 0.15) is 5.56 Å². The molecule has 0 spiro atoms. The maximum atomic E-state index is 8.92. The van der Waals surface area contributed by atoms with Gasteiger partial charge in [-0.1, -0.05) is 15.9 Å². The van der Waals surface area contributed by atoms with Gasteiger partial charge in [-0.2, -0.15) is 5.26 Å². The number of benzene rings is 1. The predicted octanol–water partition coefficient (Wildman–Crippen LogP) is 2.65. The summed E-state index contributed by atoms with van der Waals surface area (Å²) in [6, 6.07) is 7.45. The monoisotopic (exact) mass is 299 g/mol. The average molecular weight is 300 g/mol. The molecule has 0 atom stereocenters. The number of fused-ring (bicyclic) bond motifs is 1. The van der Waals surface area contributed by atoms with Crippen LogP contribution in [0.15, 0.2) is 35.2 Å². The number of rotatable bonds is 1. The third kappa shape index (κ3) is 1.75. The summed E-state index contributed by atoms with van der Waals surface area (Å²) in [5, 5.41) is 8.92. The van der Waals surface area contributed by atoms with Crippen molar-refractivity contribution in [3.8, 4) is 17.5 Å². The lowest BCUT2D eigenvalue weighted by molar-refractivity contribution is 1.20. The number of aromatic amines is 1. The van der Waals surface area contributed by atoms with Gasteiger partial charge in [-0.3, -0.25) is 0 Å². The fourth-order valence-electron chi connectivity index (χ4n) is 1.67. The smallest absolute Gasteiger partial charge is 0.181 e. The highest BCUT2D eigenvalue weighted by molar-refractivity contribution is 9.10. The van der Waals surface area contributed by atoms with Crippen LogP contribution in [0.4, 0.5) is 0 Å². The summed E-state index contributed by atoms with van der Waals surface area (Å²) in [5.41, 5.74) is 2.78. The van der Waals surface area contributed by atoms with Gasteiger partial charge in [0.25, 0.3) is 0 Å². The Hall–Kier alpha value is -2.26. The Kier molecular flexibility index (Phi) is 2.54. The van der Waals surface area contributed by atoms with Crippen molar-refractivity contribution in [1.82, 2.24) is 19.9 Å². The number of nitriles is 1. The molecule has 2 aromatic heterocycles. The van der Waals surface area contributed by atoms with Gasteiger partial charge in [0.05, 0.1) is 17.8 Å². The van der Waals surface area contributed by atoms with E-state index in [1.165, 1.54) is 6.33 Å². The Morgan fingerprint density at radius 3 is 3.00 bits per heavy atom. The van der Waals surface area contributed by atoms with E-state index in [4.69, 9.17) is 5.26 Å². The lowest BCUT2D eigenvalue weighted by Crippen LogP contribution is -1.84. The Balaban J connectivity index is 2.22. The first-order valence-corrected chi connectivity index (χ1v) is 5.93. The molecule has 0 aliphatic carbocycles. The maximum absolute atomic E-state index is 8.92. The molecule has 1 aromatic carbocycles. The molecule has 0 fully saturated rings. The van der Waals surface area contributed by atoms with Crippen molar-refractivity contribution < 1.29 is 0 Å². The number of aromatic nitrogens is 4. The Morgan fingerprint density at radius 2 is 2.22 bits per heavy atom. The number of halogens is 1. The van der Waals surface area contributed by atoms with E-state index in [0.29, 0.717) is 17.0 Å². The molecule has 86 valence electrons. The number of nitrogens with zero attached hydrogens (tertiary/aromatic N) is 4. The summed E-state index contributed by atoms with van der Waals surface area (Å²) in [7, 11) is 0. The van der Waals surface area contributed by atoms with Crippen molar-refractivity contribution in [1.29, 1.82) is 5.26 Å². The summed E-state index contributed by atoms with van der Waals surface area (Å²) in [6.07, 6.45) is 3.12. The minimum absolute atomic E-state index is 0.583. The van der Waals surface area contributed by atoms with Crippen molar-refractivity contribution in [3.63, 3.8) is 0 Å². The van der Waals surface area contributed by atoms with Gasteiger partial charge in [0.2, 0.25) is 0 Å². The van der Waals surface area contributed by atoms with E-state index in [2.05, 4.69) is 41.9 Å². The molecule has 0 unspecified atom stereocenters. The Bertz CT molecular complexity index is 738. The van der Waals surface area contributed by atoms with Crippen LogP contribution in [0.25, 0.3) is 22.6 Å². The van der Waals surface area contributed by atoms with Crippen LogP contribution in [-0.4, -0.2) is 19.9 Å². The molecule has 0 saturated heterocycles. The number of hydrogen-bond donors (Lipinski definition) is 1. The van der Waals surface area contributed by atoms with Gasteiger partial charge in [0.15, 0.2) is 5.65 Å². The Morgan fingerprint density at radius 1 is 1.33 bits per heavy atom. The molecule has 2 heterocycles. The summed E-state index contributed by atoms with van der Waals surface area (Å²) < 4.78 is 0.869. The highest BCUT2D eigenvalue weighted by Crippen LogP contribution is 2.28. The third-order valence-corrected chi connectivity index (χ3v) is 3.20. The number of imidazole rings is 1. The molecule has 3 rings (SSSR count). The van der Waals surface area contributed by atoms with Gasteiger partial charge in [0.1, 0.15) is 17.7 Å². The van der Waals surface area contributed by atoms with Crippen molar-refractivity contribution in [2.45, 2.75) is 0 Å². The molecule has 0 radical (unpaired) electrons.